The molecule has 6 atom stereocenters. The minimum Gasteiger partial charge on any atom is -0.507 e. The number of hydrogen-bond acceptors (Lipinski definition) is 12. The lowest BCUT2D eigenvalue weighted by molar-refractivity contribution is -0.241. The van der Waals surface area contributed by atoms with Gasteiger partial charge in [-0.3, -0.25) is 14.4 Å². The first-order valence-corrected chi connectivity index (χ1v) is 15.0. The first-order chi connectivity index (χ1) is 22.0. The first-order valence-electron chi connectivity index (χ1n) is 15.0. The minimum absolute atomic E-state index is 0.00217. The maximum atomic E-state index is 13.8. The molecule has 12 nitrogen and oxygen atoms in total. The number of anilines is 1. The fraction of sp³-hybridized carbons (Fsp3) is 0.353. The second-order valence-electron chi connectivity index (χ2n) is 12.1. The molecule has 0 amide bonds. The normalized spacial score (nSPS) is 27.8. The number of fused-ring (bicyclic) bond motifs is 4. The summed E-state index contributed by atoms with van der Waals surface area (Å²) < 4.78 is 23.9. The number of carbonyl (C=O) groups excluding carboxylic acids is 3. The Bertz CT molecular complexity index is 1820. The van der Waals surface area contributed by atoms with Crippen LogP contribution in [-0.4, -0.2) is 75.9 Å². The zero-order valence-corrected chi connectivity index (χ0v) is 25.3. The van der Waals surface area contributed by atoms with Gasteiger partial charge < -0.3 is 39.6 Å². The van der Waals surface area contributed by atoms with Crippen molar-refractivity contribution in [2.24, 2.45) is 4.99 Å². The summed E-state index contributed by atoms with van der Waals surface area (Å²) in [5.74, 6) is -3.06. The second kappa shape index (κ2) is 10.9. The molecule has 0 saturated carbocycles. The van der Waals surface area contributed by atoms with E-state index in [0.29, 0.717) is 6.02 Å². The van der Waals surface area contributed by atoms with E-state index in [-0.39, 0.29) is 46.9 Å². The number of rotatable bonds is 5. The summed E-state index contributed by atoms with van der Waals surface area (Å²) in [6.07, 6.45) is -3.49. The maximum Gasteiger partial charge on any atom is 0.290 e. The van der Waals surface area contributed by atoms with Crippen LogP contribution in [0.15, 0.2) is 53.5 Å². The van der Waals surface area contributed by atoms with Crippen LogP contribution in [0, 0.1) is 0 Å². The Labute approximate surface area is 263 Å². The molecule has 0 spiro atoms. The van der Waals surface area contributed by atoms with Crippen molar-refractivity contribution in [2.45, 2.75) is 69.4 Å². The highest BCUT2D eigenvalue weighted by Crippen LogP contribution is 2.52. The van der Waals surface area contributed by atoms with E-state index in [1.807, 2.05) is 37.3 Å². The average Bonchev–Trinajstić information content (AvgIpc) is 3.44. The van der Waals surface area contributed by atoms with E-state index in [4.69, 9.17) is 18.9 Å². The number of hydrogen-bond donors (Lipinski definition) is 4. The van der Waals surface area contributed by atoms with Crippen LogP contribution in [0.2, 0.25) is 0 Å². The molecule has 1 saturated heterocycles. The zero-order valence-electron chi connectivity index (χ0n) is 25.3. The lowest BCUT2D eigenvalue weighted by atomic mass is 9.72. The number of benzene rings is 3. The molecule has 3 aromatic carbocycles. The van der Waals surface area contributed by atoms with Gasteiger partial charge in [0.1, 0.15) is 22.8 Å². The minimum atomic E-state index is -2.00. The summed E-state index contributed by atoms with van der Waals surface area (Å²) in [6, 6.07) is 13.9. The molecule has 46 heavy (non-hydrogen) atoms. The number of carbonyl (C=O) groups is 3. The number of aliphatic hydroxyl groups is 1. The van der Waals surface area contributed by atoms with Gasteiger partial charge in [0.25, 0.3) is 6.02 Å². The quantitative estimate of drug-likeness (QED) is 0.238. The van der Waals surface area contributed by atoms with Crippen LogP contribution < -0.4 is 10.1 Å². The highest BCUT2D eigenvalue weighted by molar-refractivity contribution is 6.31. The van der Waals surface area contributed by atoms with Crippen molar-refractivity contribution in [2.75, 3.05) is 12.4 Å². The monoisotopic (exact) mass is 628 g/mol. The smallest absolute Gasteiger partial charge is 0.290 e. The Morgan fingerprint density at radius 3 is 2.48 bits per heavy atom. The number of Topliss-reactive ketones (excluding diaryl/α,β-unsaturated/α-hetero) is 1. The summed E-state index contributed by atoms with van der Waals surface area (Å²) in [6.45, 7) is 3.02. The van der Waals surface area contributed by atoms with Gasteiger partial charge >= 0.3 is 0 Å². The van der Waals surface area contributed by atoms with Gasteiger partial charge in [-0.25, -0.2) is 4.99 Å². The molecule has 0 aromatic heterocycles. The van der Waals surface area contributed by atoms with Crippen LogP contribution in [0.25, 0.3) is 0 Å². The Hall–Kier alpha value is -4.78. The second-order valence-corrected chi connectivity index (χ2v) is 12.1. The summed E-state index contributed by atoms with van der Waals surface area (Å²) in [4.78, 5) is 44.9. The van der Waals surface area contributed by atoms with E-state index < -0.39 is 76.6 Å². The van der Waals surface area contributed by atoms with Crippen LogP contribution in [0.4, 0.5) is 5.69 Å². The molecule has 1 fully saturated rings. The van der Waals surface area contributed by atoms with Crippen molar-refractivity contribution < 1.29 is 48.7 Å². The third-order valence-corrected chi connectivity index (χ3v) is 9.25. The van der Waals surface area contributed by atoms with Crippen LogP contribution >= 0.6 is 0 Å². The molecule has 2 aliphatic carbocycles. The van der Waals surface area contributed by atoms with E-state index in [1.54, 1.807) is 0 Å². The summed E-state index contributed by atoms with van der Waals surface area (Å²) in [5.41, 5.74) is -2.11. The van der Waals surface area contributed by atoms with Gasteiger partial charge in [0.15, 0.2) is 24.0 Å². The number of ether oxygens (including phenoxy) is 4. The molecular weight excluding hydrogens is 596 g/mol. The van der Waals surface area contributed by atoms with Gasteiger partial charge in [0, 0.05) is 41.6 Å². The van der Waals surface area contributed by atoms with Gasteiger partial charge in [0.2, 0.25) is 5.78 Å². The number of phenolic OH excluding ortho intramolecular Hbond substituents is 2. The number of phenols is 2. The van der Waals surface area contributed by atoms with Gasteiger partial charge in [-0.15, -0.1) is 0 Å². The van der Waals surface area contributed by atoms with Crippen molar-refractivity contribution in [3.8, 4) is 17.2 Å². The topological polar surface area (TPSA) is 173 Å². The number of aliphatic imine (C=N–C) groups is 1. The van der Waals surface area contributed by atoms with Gasteiger partial charge in [-0.2, -0.15) is 0 Å². The maximum absolute atomic E-state index is 13.8. The fourth-order valence-corrected chi connectivity index (χ4v) is 6.91. The third kappa shape index (κ3) is 4.63. The third-order valence-electron chi connectivity index (χ3n) is 9.25. The molecule has 4 aliphatic rings. The van der Waals surface area contributed by atoms with Crippen molar-refractivity contribution in [3.05, 3.63) is 81.9 Å². The van der Waals surface area contributed by atoms with Crippen molar-refractivity contribution in [1.29, 1.82) is 0 Å². The summed E-state index contributed by atoms with van der Waals surface area (Å²) in [7, 11) is 1.36. The lowest BCUT2D eigenvalue weighted by Crippen LogP contribution is -2.48. The number of nitrogens with zero attached hydrogens (tertiary/aromatic N) is 1. The standard InChI is InChI=1S/C34H32N2O10/c1-15-32-20(36-33(46-32)35-17-8-5-4-6-9-17)12-23(44-15)45-22-14-34(42,16(2)37)13-19-25(22)31(41)27-26(29(19)39)28(38)18-10-7-11-21(43-3)24(18)30(27)40/h4-11,15,20,22-23,32,39,41-42H,12-14H2,1-3H3,(H,35,36)/t15?,20?,22-,23?,32?,34-/m0/s1. The number of nitrogens with one attached hydrogen (secondary N) is 1. The molecule has 7 rings (SSSR count). The van der Waals surface area contributed by atoms with Crippen molar-refractivity contribution >= 4 is 29.1 Å². The number of amidine groups is 1. The summed E-state index contributed by atoms with van der Waals surface area (Å²) in [5, 5.41) is 37.8. The molecule has 4 unspecified atom stereocenters. The molecule has 0 radical (unpaired) electrons. The Morgan fingerprint density at radius 1 is 1.02 bits per heavy atom. The highest BCUT2D eigenvalue weighted by Gasteiger charge is 2.50. The van der Waals surface area contributed by atoms with Gasteiger partial charge in [-0.05, 0) is 32.0 Å². The van der Waals surface area contributed by atoms with Crippen molar-refractivity contribution in [3.63, 3.8) is 0 Å². The van der Waals surface area contributed by atoms with Gasteiger partial charge in [-0.1, -0.05) is 30.3 Å². The van der Waals surface area contributed by atoms with Crippen LogP contribution in [0.3, 0.4) is 0 Å². The number of para-hydroxylation sites is 1. The Kier molecular flexibility index (Phi) is 7.11. The molecule has 12 heteroatoms. The molecule has 4 N–H and O–H groups in total. The largest absolute Gasteiger partial charge is 0.507 e. The van der Waals surface area contributed by atoms with Crippen LogP contribution in [0.5, 0.6) is 17.2 Å². The van der Waals surface area contributed by atoms with E-state index in [1.165, 1.54) is 32.2 Å². The molecule has 2 heterocycles. The van der Waals surface area contributed by atoms with Gasteiger partial charge in [0.05, 0.1) is 42.0 Å². The lowest BCUT2D eigenvalue weighted by Gasteiger charge is -2.41. The Morgan fingerprint density at radius 2 is 1.76 bits per heavy atom. The molecule has 0 bridgehead atoms. The van der Waals surface area contributed by atoms with E-state index in [9.17, 15) is 29.7 Å². The predicted molar refractivity (Wildman–Crippen MR) is 163 cm³/mol. The van der Waals surface area contributed by atoms with E-state index >= 15 is 0 Å². The van der Waals surface area contributed by atoms with Crippen molar-refractivity contribution in [1.82, 2.24) is 0 Å². The predicted octanol–water partition coefficient (Wildman–Crippen LogP) is 3.58. The molecule has 238 valence electrons. The SMILES string of the molecule is COc1cccc2c1C(=O)c1c(O)c3c(c(O)c1C2=O)C[C@@](O)(C(C)=O)C[C@@H]3OC1CC2N=C(Nc3ccccc3)OC2C(C)O1. The Balaban J connectivity index is 1.26. The average molecular weight is 629 g/mol. The molecule has 3 aromatic rings. The summed E-state index contributed by atoms with van der Waals surface area (Å²) >= 11 is 0. The van der Waals surface area contributed by atoms with E-state index in [2.05, 4.69) is 10.3 Å². The molecule has 2 aliphatic heterocycles. The van der Waals surface area contributed by atoms with Crippen LogP contribution in [0.1, 0.15) is 75.8 Å². The van der Waals surface area contributed by atoms with E-state index in [0.717, 1.165) is 5.69 Å². The van der Waals surface area contributed by atoms with Crippen LogP contribution in [-0.2, 0) is 25.4 Å². The number of methoxy groups -OCH3 is 1. The molecular formula is C34H32N2O10. The fourth-order valence-electron chi connectivity index (χ4n) is 6.91. The zero-order chi connectivity index (χ0) is 32.5. The highest BCUT2D eigenvalue weighted by atomic mass is 16.7. The number of aromatic hydroxyl groups is 2. The number of ketones is 3. The first kappa shape index (κ1) is 29.9.